The summed E-state index contributed by atoms with van der Waals surface area (Å²) in [6.45, 7) is 4.14. The molecule has 0 amide bonds. The molecule has 3 heteroatoms. The fraction of sp³-hybridized carbons (Fsp3) is 0.600. The van der Waals surface area contributed by atoms with Gasteiger partial charge in [-0.05, 0) is 56.8 Å². The molecular weight excluding hydrogens is 246 g/mol. The van der Waals surface area contributed by atoms with Crippen molar-refractivity contribution in [3.05, 3.63) is 34.9 Å². The second-order valence-corrected chi connectivity index (χ2v) is 5.44. The number of halogens is 1. The molecule has 1 fully saturated rings. The van der Waals surface area contributed by atoms with E-state index in [1.165, 1.54) is 24.8 Å². The molecule has 2 nitrogen and oxygen atoms in total. The second-order valence-electron chi connectivity index (χ2n) is 5.00. The van der Waals surface area contributed by atoms with Gasteiger partial charge in [0.25, 0.3) is 0 Å². The Bertz CT molecular complexity index is 346. The average Bonchev–Trinajstić information content (AvgIpc) is 2.40. The minimum atomic E-state index is 0.367. The van der Waals surface area contributed by atoms with E-state index in [1.807, 2.05) is 12.1 Å². The zero-order valence-electron chi connectivity index (χ0n) is 11.0. The van der Waals surface area contributed by atoms with E-state index in [2.05, 4.69) is 24.4 Å². The van der Waals surface area contributed by atoms with E-state index in [4.69, 9.17) is 16.3 Å². The van der Waals surface area contributed by atoms with Gasteiger partial charge in [0.1, 0.15) is 0 Å². The Hall–Kier alpha value is -0.570. The molecule has 1 aliphatic heterocycles. The highest BCUT2D eigenvalue weighted by molar-refractivity contribution is 6.30. The molecule has 0 bridgehead atoms. The van der Waals surface area contributed by atoms with Crippen LogP contribution in [-0.4, -0.2) is 19.3 Å². The van der Waals surface area contributed by atoms with Crippen LogP contribution >= 0.6 is 11.6 Å². The van der Waals surface area contributed by atoms with Crippen LogP contribution < -0.4 is 5.32 Å². The van der Waals surface area contributed by atoms with Gasteiger partial charge in [-0.3, -0.25) is 0 Å². The first-order valence-electron chi connectivity index (χ1n) is 6.86. The van der Waals surface area contributed by atoms with Crippen molar-refractivity contribution in [3.63, 3.8) is 0 Å². The molecule has 0 saturated carbocycles. The van der Waals surface area contributed by atoms with E-state index < -0.39 is 0 Å². The van der Waals surface area contributed by atoms with Crippen LogP contribution in [0.2, 0.25) is 5.02 Å². The van der Waals surface area contributed by atoms with Crippen molar-refractivity contribution in [1.82, 2.24) is 5.32 Å². The molecular formula is C15H22ClNO. The van der Waals surface area contributed by atoms with Gasteiger partial charge < -0.3 is 10.1 Å². The molecule has 1 aromatic rings. The normalized spacial score (nSPS) is 21.8. The molecule has 2 atom stereocenters. The van der Waals surface area contributed by atoms with E-state index >= 15 is 0 Å². The molecule has 0 aliphatic carbocycles. The Labute approximate surface area is 115 Å². The molecule has 1 heterocycles. The van der Waals surface area contributed by atoms with Gasteiger partial charge in [-0.1, -0.05) is 23.7 Å². The molecule has 1 aliphatic rings. The van der Waals surface area contributed by atoms with Crippen molar-refractivity contribution in [3.8, 4) is 0 Å². The zero-order chi connectivity index (χ0) is 12.8. The average molecular weight is 268 g/mol. The molecule has 0 aromatic heterocycles. The van der Waals surface area contributed by atoms with E-state index in [-0.39, 0.29) is 0 Å². The molecule has 2 rings (SSSR count). The third kappa shape index (κ3) is 4.27. The number of rotatable bonds is 5. The summed E-state index contributed by atoms with van der Waals surface area (Å²) in [6.07, 6.45) is 5.33. The number of ether oxygens (including phenoxy) is 1. The van der Waals surface area contributed by atoms with Crippen LogP contribution in [0.4, 0.5) is 0 Å². The predicted molar refractivity (Wildman–Crippen MR) is 76.1 cm³/mol. The number of benzene rings is 1. The Morgan fingerprint density at radius 2 is 2.11 bits per heavy atom. The summed E-state index contributed by atoms with van der Waals surface area (Å²) in [4.78, 5) is 0. The quantitative estimate of drug-likeness (QED) is 0.872. The Balaban J connectivity index is 1.70. The van der Waals surface area contributed by atoms with Crippen molar-refractivity contribution in [1.29, 1.82) is 0 Å². The highest BCUT2D eigenvalue weighted by Gasteiger charge is 2.13. The van der Waals surface area contributed by atoms with Crippen molar-refractivity contribution in [2.75, 3.05) is 13.2 Å². The highest BCUT2D eigenvalue weighted by atomic mass is 35.5. The third-order valence-electron chi connectivity index (χ3n) is 3.56. The van der Waals surface area contributed by atoms with E-state index in [0.717, 1.165) is 24.6 Å². The molecule has 1 N–H and O–H groups in total. The summed E-state index contributed by atoms with van der Waals surface area (Å²) in [5.74, 6) is 0. The Morgan fingerprint density at radius 3 is 2.78 bits per heavy atom. The lowest BCUT2D eigenvalue weighted by molar-refractivity contribution is 0.0112. The van der Waals surface area contributed by atoms with Crippen LogP contribution in [0.1, 0.15) is 44.2 Å². The van der Waals surface area contributed by atoms with Gasteiger partial charge in [0.2, 0.25) is 0 Å². The van der Waals surface area contributed by atoms with Gasteiger partial charge in [-0.15, -0.1) is 0 Å². The maximum Gasteiger partial charge on any atom is 0.0587 e. The summed E-state index contributed by atoms with van der Waals surface area (Å²) < 4.78 is 5.72. The van der Waals surface area contributed by atoms with E-state index in [0.29, 0.717) is 12.1 Å². The Morgan fingerprint density at radius 1 is 1.33 bits per heavy atom. The number of nitrogens with one attached hydrogen (secondary N) is 1. The summed E-state index contributed by atoms with van der Waals surface area (Å²) in [6, 6.07) is 8.41. The lowest BCUT2D eigenvalue weighted by Gasteiger charge is -2.23. The topological polar surface area (TPSA) is 21.3 Å². The molecule has 18 heavy (non-hydrogen) atoms. The highest BCUT2D eigenvalue weighted by Crippen LogP contribution is 2.18. The van der Waals surface area contributed by atoms with Crippen LogP contribution in [0.15, 0.2) is 24.3 Å². The summed E-state index contributed by atoms with van der Waals surface area (Å²) in [5.41, 5.74) is 1.28. The predicted octanol–water partition coefficient (Wildman–Crippen LogP) is 3.95. The van der Waals surface area contributed by atoms with Gasteiger partial charge in [0, 0.05) is 17.7 Å². The van der Waals surface area contributed by atoms with E-state index in [9.17, 15) is 0 Å². The monoisotopic (exact) mass is 267 g/mol. The lowest BCUT2D eigenvalue weighted by Crippen LogP contribution is -2.26. The number of hydrogen-bond acceptors (Lipinski definition) is 2. The first-order chi connectivity index (χ1) is 8.75. The molecule has 2 unspecified atom stereocenters. The van der Waals surface area contributed by atoms with E-state index in [1.54, 1.807) is 0 Å². The minimum absolute atomic E-state index is 0.367. The van der Waals surface area contributed by atoms with Gasteiger partial charge >= 0.3 is 0 Å². The standard InChI is InChI=1S/C15H22ClNO/c1-12(13-5-7-14(16)8-6-13)17-10-9-15-4-2-3-11-18-15/h5-8,12,15,17H,2-4,9-11H2,1H3. The zero-order valence-corrected chi connectivity index (χ0v) is 11.7. The van der Waals surface area contributed by atoms with Gasteiger partial charge in [-0.25, -0.2) is 0 Å². The summed E-state index contributed by atoms with van der Waals surface area (Å²) >= 11 is 5.89. The fourth-order valence-corrected chi connectivity index (χ4v) is 2.49. The van der Waals surface area contributed by atoms with Gasteiger partial charge in [0.05, 0.1) is 6.10 Å². The maximum atomic E-state index is 5.89. The van der Waals surface area contributed by atoms with Gasteiger partial charge in [-0.2, -0.15) is 0 Å². The maximum absolute atomic E-state index is 5.89. The van der Waals surface area contributed by atoms with Crippen molar-refractivity contribution < 1.29 is 4.74 Å². The van der Waals surface area contributed by atoms with Crippen molar-refractivity contribution >= 4 is 11.6 Å². The largest absolute Gasteiger partial charge is 0.378 e. The second kappa shape index (κ2) is 7.13. The third-order valence-corrected chi connectivity index (χ3v) is 3.81. The van der Waals surface area contributed by atoms with Gasteiger partial charge in [0.15, 0.2) is 0 Å². The minimum Gasteiger partial charge on any atom is -0.378 e. The Kier molecular flexibility index (Phi) is 5.48. The molecule has 100 valence electrons. The van der Waals surface area contributed by atoms with Crippen LogP contribution in [0.3, 0.4) is 0 Å². The molecule has 1 saturated heterocycles. The van der Waals surface area contributed by atoms with Crippen LogP contribution in [0, 0.1) is 0 Å². The summed E-state index contributed by atoms with van der Waals surface area (Å²) in [7, 11) is 0. The lowest BCUT2D eigenvalue weighted by atomic mass is 10.1. The van der Waals surface area contributed by atoms with Crippen LogP contribution in [0.25, 0.3) is 0 Å². The smallest absolute Gasteiger partial charge is 0.0587 e. The van der Waals surface area contributed by atoms with Crippen molar-refractivity contribution in [2.45, 2.75) is 44.8 Å². The fourth-order valence-electron chi connectivity index (χ4n) is 2.37. The first kappa shape index (κ1) is 13.9. The van der Waals surface area contributed by atoms with Crippen molar-refractivity contribution in [2.24, 2.45) is 0 Å². The SMILES string of the molecule is CC(NCCC1CCCCO1)c1ccc(Cl)cc1. The van der Waals surface area contributed by atoms with Crippen LogP contribution in [-0.2, 0) is 4.74 Å². The van der Waals surface area contributed by atoms with Crippen LogP contribution in [0.5, 0.6) is 0 Å². The first-order valence-corrected chi connectivity index (χ1v) is 7.24. The number of hydrogen-bond donors (Lipinski definition) is 1. The molecule has 0 radical (unpaired) electrons. The molecule has 0 spiro atoms. The summed E-state index contributed by atoms with van der Waals surface area (Å²) in [5, 5.41) is 4.34. The molecule has 1 aromatic carbocycles.